The highest BCUT2D eigenvalue weighted by Gasteiger charge is 2.08. The maximum absolute atomic E-state index is 11.2. The van der Waals surface area contributed by atoms with Crippen LogP contribution in [0, 0.1) is 0 Å². The van der Waals surface area contributed by atoms with E-state index < -0.39 is 17.8 Å². The first kappa shape index (κ1) is 10.6. The second-order valence-electron chi connectivity index (χ2n) is 2.40. The van der Waals surface area contributed by atoms with E-state index in [1.807, 2.05) is 0 Å². The largest absolute Gasteiger partial charge is 0.475 e. The average Bonchev–Trinajstić information content (AvgIpc) is 2.26. The van der Waals surface area contributed by atoms with Gasteiger partial charge in [-0.05, 0) is 17.3 Å². The van der Waals surface area contributed by atoms with Crippen LogP contribution in [0.3, 0.4) is 0 Å². The van der Waals surface area contributed by atoms with E-state index in [2.05, 4.69) is 15.0 Å². The monoisotopic (exact) mass is 209 g/mol. The molecule has 0 aliphatic rings. The van der Waals surface area contributed by atoms with Crippen molar-refractivity contribution < 1.29 is 19.5 Å². The SMILES string of the molecule is N/C(=N/OC(=O)c1ccncc1)C(=O)O. The quantitative estimate of drug-likeness (QED) is 0.296. The van der Waals surface area contributed by atoms with E-state index in [0.717, 1.165) is 0 Å². The van der Waals surface area contributed by atoms with Crippen LogP contribution in [0.1, 0.15) is 10.4 Å². The normalized spacial score (nSPS) is 10.8. The molecule has 0 spiro atoms. The second-order valence-corrected chi connectivity index (χ2v) is 2.40. The summed E-state index contributed by atoms with van der Waals surface area (Å²) in [5, 5.41) is 11.2. The fraction of sp³-hybridized carbons (Fsp3) is 0. The van der Waals surface area contributed by atoms with Crippen molar-refractivity contribution in [2.75, 3.05) is 0 Å². The molecule has 7 nitrogen and oxygen atoms in total. The number of carbonyl (C=O) groups is 2. The van der Waals surface area contributed by atoms with Crippen molar-refractivity contribution in [2.24, 2.45) is 10.9 Å². The topological polar surface area (TPSA) is 115 Å². The van der Waals surface area contributed by atoms with E-state index in [-0.39, 0.29) is 5.56 Å². The van der Waals surface area contributed by atoms with E-state index in [0.29, 0.717) is 0 Å². The molecule has 0 aliphatic carbocycles. The lowest BCUT2D eigenvalue weighted by Crippen LogP contribution is -2.23. The molecule has 0 radical (unpaired) electrons. The van der Waals surface area contributed by atoms with E-state index in [4.69, 9.17) is 10.8 Å². The molecule has 0 saturated heterocycles. The van der Waals surface area contributed by atoms with Gasteiger partial charge in [0.1, 0.15) is 0 Å². The number of hydrogen-bond donors (Lipinski definition) is 2. The molecule has 1 rings (SSSR count). The van der Waals surface area contributed by atoms with E-state index in [9.17, 15) is 9.59 Å². The van der Waals surface area contributed by atoms with E-state index >= 15 is 0 Å². The van der Waals surface area contributed by atoms with Gasteiger partial charge in [0.2, 0.25) is 5.84 Å². The van der Waals surface area contributed by atoms with Gasteiger partial charge in [-0.15, -0.1) is 0 Å². The molecule has 0 amide bonds. The zero-order chi connectivity index (χ0) is 11.3. The van der Waals surface area contributed by atoms with Crippen molar-refractivity contribution in [1.82, 2.24) is 4.98 Å². The van der Waals surface area contributed by atoms with Crippen LogP contribution in [0.15, 0.2) is 29.7 Å². The first-order valence-electron chi connectivity index (χ1n) is 3.79. The van der Waals surface area contributed by atoms with Crippen LogP contribution in [-0.4, -0.2) is 27.9 Å². The molecular weight excluding hydrogens is 202 g/mol. The predicted molar refractivity (Wildman–Crippen MR) is 48.9 cm³/mol. The fourth-order valence-corrected chi connectivity index (χ4v) is 0.670. The molecule has 1 aromatic rings. The number of oxime groups is 1. The lowest BCUT2D eigenvalue weighted by atomic mass is 10.3. The summed E-state index contributed by atoms with van der Waals surface area (Å²) in [4.78, 5) is 29.3. The third-order valence-electron chi connectivity index (χ3n) is 1.36. The number of carboxylic acid groups (broad SMARTS) is 1. The van der Waals surface area contributed by atoms with Gasteiger partial charge < -0.3 is 15.7 Å². The highest BCUT2D eigenvalue weighted by Crippen LogP contribution is 1.99. The number of pyridine rings is 1. The summed E-state index contributed by atoms with van der Waals surface area (Å²) in [7, 11) is 0. The number of amidine groups is 1. The van der Waals surface area contributed by atoms with Crippen molar-refractivity contribution in [3.8, 4) is 0 Å². The fourth-order valence-electron chi connectivity index (χ4n) is 0.670. The number of nitrogens with zero attached hydrogens (tertiary/aromatic N) is 2. The van der Waals surface area contributed by atoms with Crippen LogP contribution < -0.4 is 5.73 Å². The van der Waals surface area contributed by atoms with Crippen molar-refractivity contribution >= 4 is 17.8 Å². The molecule has 78 valence electrons. The Balaban J connectivity index is 2.66. The Kier molecular flexibility index (Phi) is 3.33. The van der Waals surface area contributed by atoms with Crippen LogP contribution in [0.5, 0.6) is 0 Å². The first-order chi connectivity index (χ1) is 7.11. The first-order valence-corrected chi connectivity index (χ1v) is 3.79. The van der Waals surface area contributed by atoms with E-state index in [1.165, 1.54) is 24.5 Å². The van der Waals surface area contributed by atoms with Crippen LogP contribution >= 0.6 is 0 Å². The number of aromatic nitrogens is 1. The minimum atomic E-state index is -1.46. The van der Waals surface area contributed by atoms with Gasteiger partial charge >= 0.3 is 11.9 Å². The Hall–Kier alpha value is -2.44. The smallest absolute Gasteiger partial charge is 0.374 e. The summed E-state index contributed by atoms with van der Waals surface area (Å²) in [6.45, 7) is 0. The molecule has 0 bridgehead atoms. The lowest BCUT2D eigenvalue weighted by Gasteiger charge is -1.96. The summed E-state index contributed by atoms with van der Waals surface area (Å²) in [6, 6.07) is 2.80. The Morgan fingerprint density at radius 2 is 2.00 bits per heavy atom. The lowest BCUT2D eigenvalue weighted by molar-refractivity contribution is -0.129. The number of nitrogens with two attached hydrogens (primary N) is 1. The molecule has 0 aliphatic heterocycles. The highest BCUT2D eigenvalue weighted by molar-refractivity contribution is 6.33. The Morgan fingerprint density at radius 3 is 2.53 bits per heavy atom. The van der Waals surface area contributed by atoms with Crippen LogP contribution in [-0.2, 0) is 9.63 Å². The molecule has 0 unspecified atom stereocenters. The average molecular weight is 209 g/mol. The minimum Gasteiger partial charge on any atom is -0.475 e. The number of aliphatic carboxylic acids is 1. The summed E-state index contributed by atoms with van der Waals surface area (Å²) in [5.41, 5.74) is 5.10. The zero-order valence-electron chi connectivity index (χ0n) is 7.45. The zero-order valence-corrected chi connectivity index (χ0v) is 7.45. The molecular formula is C8H7N3O4. The van der Waals surface area contributed by atoms with Gasteiger partial charge in [0.05, 0.1) is 5.56 Å². The molecule has 1 heterocycles. The second kappa shape index (κ2) is 4.70. The van der Waals surface area contributed by atoms with Gasteiger partial charge in [-0.2, -0.15) is 0 Å². The maximum Gasteiger partial charge on any atom is 0.374 e. The molecule has 15 heavy (non-hydrogen) atoms. The summed E-state index contributed by atoms with van der Waals surface area (Å²) in [6.07, 6.45) is 2.78. The number of hydrogen-bond acceptors (Lipinski definition) is 5. The third kappa shape index (κ3) is 3.07. The molecule has 3 N–H and O–H groups in total. The molecule has 0 saturated carbocycles. The van der Waals surface area contributed by atoms with Crippen molar-refractivity contribution in [2.45, 2.75) is 0 Å². The number of carboxylic acids is 1. The van der Waals surface area contributed by atoms with Crippen molar-refractivity contribution in [1.29, 1.82) is 0 Å². The maximum atomic E-state index is 11.2. The number of carbonyl (C=O) groups excluding carboxylic acids is 1. The summed E-state index contributed by atoms with van der Waals surface area (Å²) < 4.78 is 0. The van der Waals surface area contributed by atoms with Crippen molar-refractivity contribution in [3.05, 3.63) is 30.1 Å². The molecule has 0 atom stereocenters. The Bertz CT molecular complexity index is 402. The van der Waals surface area contributed by atoms with Gasteiger partial charge in [0.25, 0.3) is 0 Å². The molecule has 0 fully saturated rings. The summed E-state index contributed by atoms with van der Waals surface area (Å²) in [5.74, 6) is -3.06. The summed E-state index contributed by atoms with van der Waals surface area (Å²) >= 11 is 0. The van der Waals surface area contributed by atoms with Crippen LogP contribution in [0.25, 0.3) is 0 Å². The predicted octanol–water partition coefficient (Wildman–Crippen LogP) is -0.405. The van der Waals surface area contributed by atoms with Gasteiger partial charge in [-0.25, -0.2) is 9.59 Å². The number of rotatable bonds is 2. The minimum absolute atomic E-state index is 0.201. The Labute approximate surface area is 84.2 Å². The molecule has 0 aromatic carbocycles. The van der Waals surface area contributed by atoms with Crippen molar-refractivity contribution in [3.63, 3.8) is 0 Å². The third-order valence-corrected chi connectivity index (χ3v) is 1.36. The van der Waals surface area contributed by atoms with E-state index in [1.54, 1.807) is 0 Å². The Morgan fingerprint density at radius 1 is 1.40 bits per heavy atom. The van der Waals surface area contributed by atoms with Gasteiger partial charge in [-0.3, -0.25) is 4.98 Å². The van der Waals surface area contributed by atoms with Gasteiger partial charge in [-0.1, -0.05) is 0 Å². The molecule has 1 aromatic heterocycles. The molecule has 7 heteroatoms. The van der Waals surface area contributed by atoms with Gasteiger partial charge in [0.15, 0.2) is 0 Å². The van der Waals surface area contributed by atoms with Crippen LogP contribution in [0.2, 0.25) is 0 Å². The van der Waals surface area contributed by atoms with Crippen LogP contribution in [0.4, 0.5) is 0 Å². The van der Waals surface area contributed by atoms with Gasteiger partial charge in [0, 0.05) is 12.4 Å². The highest BCUT2D eigenvalue weighted by atomic mass is 16.7. The standard InChI is InChI=1S/C8H7N3O4/c9-6(7(12)13)11-15-8(14)5-1-3-10-4-2-5/h1-4H,(H2,9,11)(H,12,13).